The molecule has 7 heteroatoms. The standard InChI is InChI=1S/C29H23N3O2S2/c1-31-24-17-21(34-2)15-16-25(24)35-28(31)26-27(33)32(18-19-9-4-3-5-10-19)29(36-26)30-23-14-8-12-20-11-6-7-13-22(20)23/h3-17H,18H2,1-2H3. The van der Waals surface area contributed by atoms with Gasteiger partial charge in [0.2, 0.25) is 0 Å². The molecule has 178 valence electrons. The van der Waals surface area contributed by atoms with E-state index in [1.165, 1.54) is 11.8 Å². The number of ether oxygens (including phenoxy) is 1. The van der Waals surface area contributed by atoms with Crippen molar-refractivity contribution in [1.82, 2.24) is 4.90 Å². The van der Waals surface area contributed by atoms with Gasteiger partial charge in [-0.05, 0) is 40.9 Å². The number of methoxy groups -OCH3 is 1. The molecule has 4 aromatic rings. The van der Waals surface area contributed by atoms with Crippen LogP contribution in [0.5, 0.6) is 5.75 Å². The van der Waals surface area contributed by atoms with Gasteiger partial charge in [0, 0.05) is 23.4 Å². The molecule has 0 aromatic heterocycles. The Labute approximate surface area is 218 Å². The number of amidine groups is 1. The lowest BCUT2D eigenvalue weighted by molar-refractivity contribution is -0.122. The molecule has 2 aliphatic heterocycles. The smallest absolute Gasteiger partial charge is 0.269 e. The van der Waals surface area contributed by atoms with Gasteiger partial charge >= 0.3 is 0 Å². The Morgan fingerprint density at radius 1 is 0.889 bits per heavy atom. The molecule has 2 aliphatic rings. The molecular formula is C29H23N3O2S2. The first-order valence-corrected chi connectivity index (χ1v) is 13.2. The molecule has 5 nitrogen and oxygen atoms in total. The van der Waals surface area contributed by atoms with Crippen molar-refractivity contribution in [3.63, 3.8) is 0 Å². The van der Waals surface area contributed by atoms with Crippen molar-refractivity contribution in [3.8, 4) is 5.75 Å². The van der Waals surface area contributed by atoms with Crippen LogP contribution in [-0.2, 0) is 11.3 Å². The van der Waals surface area contributed by atoms with Crippen LogP contribution in [0.3, 0.4) is 0 Å². The van der Waals surface area contributed by atoms with Gasteiger partial charge in [-0.3, -0.25) is 9.69 Å². The average molecular weight is 510 g/mol. The van der Waals surface area contributed by atoms with Gasteiger partial charge in [-0.2, -0.15) is 0 Å². The van der Waals surface area contributed by atoms with E-state index in [2.05, 4.69) is 23.1 Å². The Hall–Kier alpha value is -3.68. The summed E-state index contributed by atoms with van der Waals surface area (Å²) in [6, 6.07) is 30.3. The van der Waals surface area contributed by atoms with Crippen molar-refractivity contribution in [2.24, 2.45) is 4.99 Å². The number of hydrogen-bond acceptors (Lipinski definition) is 6. The summed E-state index contributed by atoms with van der Waals surface area (Å²) in [7, 11) is 3.66. The third-order valence-corrected chi connectivity index (χ3v) is 8.69. The third-order valence-electron chi connectivity index (χ3n) is 6.26. The minimum absolute atomic E-state index is 0.0306. The van der Waals surface area contributed by atoms with Crippen LogP contribution in [0.1, 0.15) is 5.56 Å². The van der Waals surface area contributed by atoms with Gasteiger partial charge in [0.05, 0.1) is 30.1 Å². The second-order valence-electron chi connectivity index (χ2n) is 8.50. The summed E-state index contributed by atoms with van der Waals surface area (Å²) in [6.45, 7) is 0.461. The molecule has 0 spiro atoms. The number of fused-ring (bicyclic) bond motifs is 2. The quantitative estimate of drug-likeness (QED) is 0.277. The van der Waals surface area contributed by atoms with E-state index in [9.17, 15) is 4.79 Å². The van der Waals surface area contributed by atoms with Crippen LogP contribution in [0, 0.1) is 0 Å². The summed E-state index contributed by atoms with van der Waals surface area (Å²) >= 11 is 3.05. The second kappa shape index (κ2) is 9.41. The SMILES string of the molecule is COc1ccc2c(c1)N(C)C(=C1SC(=Nc3cccc4ccccc34)N(Cc3ccccc3)C1=O)S2. The van der Waals surface area contributed by atoms with E-state index in [1.54, 1.807) is 23.8 Å². The third kappa shape index (κ3) is 4.04. The van der Waals surface area contributed by atoms with Crippen LogP contribution in [0.15, 0.2) is 111 Å². The Morgan fingerprint density at radius 3 is 2.50 bits per heavy atom. The number of thioether (sulfide) groups is 2. The van der Waals surface area contributed by atoms with Crippen molar-refractivity contribution in [2.75, 3.05) is 19.1 Å². The van der Waals surface area contributed by atoms with Crippen LogP contribution < -0.4 is 9.64 Å². The van der Waals surface area contributed by atoms with Crippen molar-refractivity contribution in [2.45, 2.75) is 11.4 Å². The first-order valence-electron chi connectivity index (χ1n) is 11.6. The highest BCUT2D eigenvalue weighted by Gasteiger charge is 2.39. The normalized spacial score (nSPS) is 18.4. The van der Waals surface area contributed by atoms with E-state index >= 15 is 0 Å². The highest BCUT2D eigenvalue weighted by Crippen LogP contribution is 2.51. The fourth-order valence-corrected chi connectivity index (χ4v) is 6.70. The van der Waals surface area contributed by atoms with Gasteiger partial charge in [0.1, 0.15) is 10.7 Å². The Bertz CT molecular complexity index is 1540. The van der Waals surface area contributed by atoms with E-state index < -0.39 is 0 Å². The number of aliphatic imine (C=N–C) groups is 1. The Morgan fingerprint density at radius 2 is 1.67 bits per heavy atom. The van der Waals surface area contributed by atoms with Crippen molar-refractivity contribution >= 4 is 56.7 Å². The van der Waals surface area contributed by atoms with Gasteiger partial charge in [0.25, 0.3) is 5.91 Å². The molecule has 0 radical (unpaired) electrons. The first-order chi connectivity index (χ1) is 17.6. The molecule has 0 bridgehead atoms. The Kier molecular flexibility index (Phi) is 5.95. The predicted molar refractivity (Wildman–Crippen MR) is 150 cm³/mol. The number of anilines is 1. The van der Waals surface area contributed by atoms with E-state index in [0.29, 0.717) is 16.6 Å². The predicted octanol–water partition coefficient (Wildman–Crippen LogP) is 7.02. The summed E-state index contributed by atoms with van der Waals surface area (Å²) in [5, 5.41) is 3.78. The topological polar surface area (TPSA) is 45.1 Å². The monoisotopic (exact) mass is 509 g/mol. The van der Waals surface area contributed by atoms with Crippen molar-refractivity contribution in [1.29, 1.82) is 0 Å². The fraction of sp³-hybridized carbons (Fsp3) is 0.103. The molecule has 0 atom stereocenters. The molecule has 0 N–H and O–H groups in total. The van der Waals surface area contributed by atoms with E-state index in [4.69, 9.17) is 9.73 Å². The zero-order valence-electron chi connectivity index (χ0n) is 19.8. The number of hydrogen-bond donors (Lipinski definition) is 0. The lowest BCUT2D eigenvalue weighted by Gasteiger charge is -2.17. The molecule has 4 aromatic carbocycles. The summed E-state index contributed by atoms with van der Waals surface area (Å²) in [5.41, 5.74) is 2.95. The number of carbonyl (C=O) groups is 1. The molecule has 0 unspecified atom stereocenters. The van der Waals surface area contributed by atoms with Crippen molar-refractivity contribution < 1.29 is 9.53 Å². The molecule has 6 rings (SSSR count). The maximum absolute atomic E-state index is 13.9. The zero-order chi connectivity index (χ0) is 24.6. The summed E-state index contributed by atoms with van der Waals surface area (Å²) in [5.74, 6) is 0.763. The highest BCUT2D eigenvalue weighted by atomic mass is 32.2. The Balaban J connectivity index is 1.44. The van der Waals surface area contributed by atoms with Gasteiger partial charge in [-0.25, -0.2) is 4.99 Å². The molecule has 1 saturated heterocycles. The van der Waals surface area contributed by atoms with Crippen LogP contribution in [0.4, 0.5) is 11.4 Å². The van der Waals surface area contributed by atoms with Crippen LogP contribution >= 0.6 is 23.5 Å². The molecule has 0 saturated carbocycles. The lowest BCUT2D eigenvalue weighted by Crippen LogP contribution is -2.29. The number of benzene rings is 4. The van der Waals surface area contributed by atoms with Gasteiger partial charge in [-0.1, -0.05) is 78.5 Å². The van der Waals surface area contributed by atoms with E-state index in [0.717, 1.165) is 43.4 Å². The first kappa shape index (κ1) is 22.8. The molecule has 36 heavy (non-hydrogen) atoms. The number of amides is 1. The second-order valence-corrected chi connectivity index (χ2v) is 10.5. The van der Waals surface area contributed by atoms with Crippen molar-refractivity contribution in [3.05, 3.63) is 106 Å². The lowest BCUT2D eigenvalue weighted by atomic mass is 10.1. The minimum atomic E-state index is -0.0306. The highest BCUT2D eigenvalue weighted by molar-refractivity contribution is 8.19. The van der Waals surface area contributed by atoms with Gasteiger partial charge < -0.3 is 9.64 Å². The molecule has 1 fully saturated rings. The maximum atomic E-state index is 13.9. The molecule has 0 aliphatic carbocycles. The van der Waals surface area contributed by atoms with Gasteiger partial charge in [-0.15, -0.1) is 0 Å². The maximum Gasteiger partial charge on any atom is 0.269 e. The van der Waals surface area contributed by atoms with Gasteiger partial charge in [0.15, 0.2) is 5.17 Å². The number of carbonyl (C=O) groups excluding carboxylic acids is 1. The fourth-order valence-electron chi connectivity index (χ4n) is 4.39. The largest absolute Gasteiger partial charge is 0.497 e. The summed E-state index contributed by atoms with van der Waals surface area (Å²) in [6.07, 6.45) is 0. The van der Waals surface area contributed by atoms with Crippen LogP contribution in [-0.4, -0.2) is 30.1 Å². The molecule has 2 heterocycles. The molecule has 1 amide bonds. The summed E-state index contributed by atoms with van der Waals surface area (Å²) in [4.78, 5) is 24.6. The average Bonchev–Trinajstić information content (AvgIpc) is 3.40. The minimum Gasteiger partial charge on any atom is -0.497 e. The molecular weight excluding hydrogens is 486 g/mol. The van der Waals surface area contributed by atoms with E-state index in [1.807, 2.05) is 79.8 Å². The number of rotatable bonds is 4. The number of nitrogens with zero attached hydrogens (tertiary/aromatic N) is 3. The van der Waals surface area contributed by atoms with Crippen LogP contribution in [0.25, 0.3) is 10.8 Å². The van der Waals surface area contributed by atoms with E-state index in [-0.39, 0.29) is 5.91 Å². The van der Waals surface area contributed by atoms with Crippen LogP contribution in [0.2, 0.25) is 0 Å². The summed E-state index contributed by atoms with van der Waals surface area (Å²) < 4.78 is 5.42. The zero-order valence-corrected chi connectivity index (χ0v) is 21.5.